The zero-order chi connectivity index (χ0) is 29.7. The van der Waals surface area contributed by atoms with Crippen LogP contribution in [0.5, 0.6) is 0 Å². The second-order valence-corrected chi connectivity index (χ2v) is 18.1. The van der Waals surface area contributed by atoms with Crippen molar-refractivity contribution in [2.45, 2.75) is 128 Å². The van der Waals surface area contributed by atoms with Crippen LogP contribution in [0, 0.1) is 0 Å². The smallest absolute Gasteiger partial charge is 0.192 e. The first-order valence-corrected chi connectivity index (χ1v) is 18.9. The first kappa shape index (κ1) is 34.0. The molecular weight excluding hydrogens is 526 g/mol. The fraction of sp³-hybridized carbons (Fsp3) is 0.657. The van der Waals surface area contributed by atoms with Crippen molar-refractivity contribution in [3.05, 3.63) is 71.8 Å². The van der Waals surface area contributed by atoms with Crippen LogP contribution in [0.15, 0.2) is 60.7 Å². The normalized spacial score (nSPS) is 22.2. The van der Waals surface area contributed by atoms with Crippen molar-refractivity contribution in [1.29, 1.82) is 0 Å². The molecule has 1 saturated heterocycles. The van der Waals surface area contributed by atoms with Gasteiger partial charge in [0.05, 0.1) is 32.0 Å². The molecule has 2 aromatic rings. The SMILES string of the molecule is CCCCCCCCCN1C[C@H](O[Si](C)(C)C(C)(C)C)[C@@H](OCc2ccccc2)[C@H](O)[C@H]1COCc1ccccc1. The molecule has 0 saturated carbocycles. The minimum Gasteiger partial charge on any atom is -0.410 e. The van der Waals surface area contributed by atoms with Gasteiger partial charge in [-0.3, -0.25) is 4.90 Å². The van der Waals surface area contributed by atoms with Crippen LogP contribution in [0.4, 0.5) is 0 Å². The van der Waals surface area contributed by atoms with Gasteiger partial charge in [-0.2, -0.15) is 0 Å². The van der Waals surface area contributed by atoms with Gasteiger partial charge in [0.2, 0.25) is 0 Å². The Labute approximate surface area is 251 Å². The van der Waals surface area contributed by atoms with E-state index in [1.807, 2.05) is 36.4 Å². The Kier molecular flexibility index (Phi) is 14.0. The number of hydrogen-bond acceptors (Lipinski definition) is 5. The average Bonchev–Trinajstić information content (AvgIpc) is 2.94. The molecule has 1 aliphatic rings. The summed E-state index contributed by atoms with van der Waals surface area (Å²) in [4.78, 5) is 2.43. The van der Waals surface area contributed by atoms with Gasteiger partial charge in [-0.05, 0) is 42.2 Å². The summed E-state index contributed by atoms with van der Waals surface area (Å²) in [6.07, 6.45) is 7.55. The quantitative estimate of drug-likeness (QED) is 0.151. The molecule has 0 bridgehead atoms. The third-order valence-corrected chi connectivity index (χ3v) is 13.5. The van der Waals surface area contributed by atoms with E-state index in [1.165, 1.54) is 38.5 Å². The molecule has 230 valence electrons. The molecule has 6 heteroatoms. The van der Waals surface area contributed by atoms with E-state index in [0.717, 1.165) is 30.6 Å². The first-order valence-electron chi connectivity index (χ1n) is 16.0. The summed E-state index contributed by atoms with van der Waals surface area (Å²) in [5.41, 5.74) is 2.25. The Hall–Kier alpha value is -1.54. The molecule has 1 heterocycles. The number of ether oxygens (including phenoxy) is 2. The average molecular weight is 584 g/mol. The zero-order valence-electron chi connectivity index (χ0n) is 26.7. The van der Waals surface area contributed by atoms with Crippen LogP contribution in [-0.4, -0.2) is 62.4 Å². The maximum atomic E-state index is 11.9. The van der Waals surface area contributed by atoms with E-state index in [0.29, 0.717) is 19.8 Å². The molecule has 2 aromatic carbocycles. The fourth-order valence-electron chi connectivity index (χ4n) is 5.36. The molecule has 5 nitrogen and oxygen atoms in total. The van der Waals surface area contributed by atoms with Crippen molar-refractivity contribution in [1.82, 2.24) is 4.90 Å². The van der Waals surface area contributed by atoms with Crippen LogP contribution in [0.1, 0.15) is 83.8 Å². The molecule has 1 N–H and O–H groups in total. The van der Waals surface area contributed by atoms with Gasteiger partial charge in [0.1, 0.15) is 12.2 Å². The molecule has 0 aromatic heterocycles. The second-order valence-electron chi connectivity index (χ2n) is 13.4. The molecule has 4 atom stereocenters. The van der Waals surface area contributed by atoms with E-state index >= 15 is 0 Å². The minimum absolute atomic E-state index is 0.0703. The van der Waals surface area contributed by atoms with Gasteiger partial charge >= 0.3 is 0 Å². The Balaban J connectivity index is 1.75. The van der Waals surface area contributed by atoms with Crippen molar-refractivity contribution in [3.63, 3.8) is 0 Å². The Morgan fingerprint density at radius 2 is 1.39 bits per heavy atom. The summed E-state index contributed by atoms with van der Waals surface area (Å²) >= 11 is 0. The topological polar surface area (TPSA) is 51.2 Å². The summed E-state index contributed by atoms with van der Waals surface area (Å²) in [6, 6.07) is 20.4. The number of aliphatic hydroxyl groups excluding tert-OH is 1. The number of benzene rings is 2. The standard InChI is InChI=1S/C35H57NO4Si/c1-7-8-9-10-11-12-19-24-36-25-32(40-41(5,6)35(2,3)4)34(39-27-30-22-17-14-18-23-30)33(37)31(36)28-38-26-29-20-15-13-16-21-29/h13-18,20-23,31-34,37H,7-12,19,24-28H2,1-6H3/t31-,32+,33-,34-/m1/s1. The molecule has 41 heavy (non-hydrogen) atoms. The lowest BCUT2D eigenvalue weighted by molar-refractivity contribution is -0.172. The third-order valence-electron chi connectivity index (χ3n) is 8.97. The Bertz CT molecular complexity index is 965. The van der Waals surface area contributed by atoms with Crippen molar-refractivity contribution < 1.29 is 19.0 Å². The molecular formula is C35H57NO4Si. The van der Waals surface area contributed by atoms with Crippen molar-refractivity contribution in [2.75, 3.05) is 19.7 Å². The number of aliphatic hydroxyl groups is 1. The van der Waals surface area contributed by atoms with Gasteiger partial charge in [0.25, 0.3) is 0 Å². The highest BCUT2D eigenvalue weighted by molar-refractivity contribution is 6.74. The maximum absolute atomic E-state index is 11.9. The van der Waals surface area contributed by atoms with E-state index < -0.39 is 20.5 Å². The van der Waals surface area contributed by atoms with Gasteiger partial charge < -0.3 is 19.0 Å². The van der Waals surface area contributed by atoms with Gasteiger partial charge in [-0.15, -0.1) is 0 Å². The van der Waals surface area contributed by atoms with E-state index in [1.54, 1.807) is 0 Å². The molecule has 1 fully saturated rings. The number of rotatable bonds is 17. The number of hydrogen-bond donors (Lipinski definition) is 1. The Morgan fingerprint density at radius 1 is 0.829 bits per heavy atom. The highest BCUT2D eigenvalue weighted by atomic mass is 28.4. The summed E-state index contributed by atoms with van der Waals surface area (Å²) in [5, 5.41) is 12.0. The van der Waals surface area contributed by atoms with Crippen molar-refractivity contribution >= 4 is 8.32 Å². The molecule has 0 spiro atoms. The van der Waals surface area contributed by atoms with Crippen LogP contribution in [0.3, 0.4) is 0 Å². The minimum atomic E-state index is -2.10. The van der Waals surface area contributed by atoms with Crippen LogP contribution in [0.2, 0.25) is 18.1 Å². The molecule has 1 aliphatic heterocycles. The first-order chi connectivity index (χ1) is 19.6. The summed E-state index contributed by atoms with van der Waals surface area (Å²) in [5.74, 6) is 0. The molecule has 0 radical (unpaired) electrons. The molecule has 0 aliphatic carbocycles. The number of likely N-dealkylation sites (tertiary alicyclic amines) is 1. The lowest BCUT2D eigenvalue weighted by Gasteiger charge is -2.50. The monoisotopic (exact) mass is 583 g/mol. The van der Waals surface area contributed by atoms with Crippen LogP contribution in [-0.2, 0) is 27.1 Å². The van der Waals surface area contributed by atoms with Gasteiger partial charge in [-0.25, -0.2) is 0 Å². The van der Waals surface area contributed by atoms with Gasteiger partial charge in [0.15, 0.2) is 8.32 Å². The molecule has 3 rings (SSSR count). The van der Waals surface area contributed by atoms with Crippen molar-refractivity contribution in [2.24, 2.45) is 0 Å². The van der Waals surface area contributed by atoms with Crippen LogP contribution in [0.25, 0.3) is 0 Å². The van der Waals surface area contributed by atoms with E-state index in [-0.39, 0.29) is 17.2 Å². The predicted molar refractivity (Wildman–Crippen MR) is 173 cm³/mol. The van der Waals surface area contributed by atoms with E-state index in [4.69, 9.17) is 13.9 Å². The third kappa shape index (κ3) is 10.9. The van der Waals surface area contributed by atoms with Gasteiger partial charge in [-0.1, -0.05) is 127 Å². The number of piperidine rings is 1. The number of nitrogens with zero attached hydrogens (tertiary/aromatic N) is 1. The molecule has 0 unspecified atom stereocenters. The fourth-order valence-corrected chi connectivity index (χ4v) is 6.68. The zero-order valence-corrected chi connectivity index (χ0v) is 27.7. The van der Waals surface area contributed by atoms with Crippen molar-refractivity contribution in [3.8, 4) is 0 Å². The largest absolute Gasteiger partial charge is 0.410 e. The highest BCUT2D eigenvalue weighted by Crippen LogP contribution is 2.39. The summed E-state index contributed by atoms with van der Waals surface area (Å²) in [7, 11) is -2.10. The van der Waals surface area contributed by atoms with E-state index in [9.17, 15) is 5.11 Å². The lowest BCUT2D eigenvalue weighted by atomic mass is 9.93. The summed E-state index contributed by atoms with van der Waals surface area (Å²) < 4.78 is 19.8. The Morgan fingerprint density at radius 3 is 1.98 bits per heavy atom. The second kappa shape index (κ2) is 16.9. The highest BCUT2D eigenvalue weighted by Gasteiger charge is 2.48. The van der Waals surface area contributed by atoms with Gasteiger partial charge in [0, 0.05) is 6.54 Å². The lowest BCUT2D eigenvalue weighted by Crippen LogP contribution is -2.65. The predicted octanol–water partition coefficient (Wildman–Crippen LogP) is 7.97. The molecule has 0 amide bonds. The van der Waals surface area contributed by atoms with Crippen LogP contribution < -0.4 is 0 Å². The number of unbranched alkanes of at least 4 members (excludes halogenated alkanes) is 6. The van der Waals surface area contributed by atoms with Crippen LogP contribution >= 0.6 is 0 Å². The van der Waals surface area contributed by atoms with E-state index in [2.05, 4.69) is 70.0 Å². The maximum Gasteiger partial charge on any atom is 0.192 e. The summed E-state index contributed by atoms with van der Waals surface area (Å²) in [6.45, 7) is 16.8.